The summed E-state index contributed by atoms with van der Waals surface area (Å²) in [6.45, 7) is 24.9. The van der Waals surface area contributed by atoms with E-state index < -0.39 is 33.9 Å². The molecule has 6 atom stereocenters. The largest absolute Gasteiger partial charge is 0.411 e. The van der Waals surface area contributed by atoms with E-state index in [0.29, 0.717) is 38.9 Å². The zero-order chi connectivity index (χ0) is 33.5. The molecule has 2 saturated heterocycles. The summed E-state index contributed by atoms with van der Waals surface area (Å²) in [6.07, 6.45) is 3.90. The maximum Gasteiger partial charge on any atom is 0.192 e. The van der Waals surface area contributed by atoms with Gasteiger partial charge in [0.25, 0.3) is 0 Å². The third kappa shape index (κ3) is 12.7. The fourth-order valence-electron chi connectivity index (χ4n) is 6.17. The first-order valence-electron chi connectivity index (χ1n) is 17.1. The lowest BCUT2D eigenvalue weighted by molar-refractivity contribution is -0.355. The van der Waals surface area contributed by atoms with Crippen molar-refractivity contribution in [3.05, 3.63) is 34.3 Å². The van der Waals surface area contributed by atoms with Crippen LogP contribution >= 0.6 is 15.9 Å². The SMILES string of the molecule is CCC(O)C[C@H]1C[C@](C)(O[Si](C)(C)C(C)(C)C)C[C@@]2(C[C@@H](OCOCC[Si](C)(C)C)C[C@H](CCOCc3ccccc3Br)O2)O1. The third-order valence-electron chi connectivity index (χ3n) is 9.63. The van der Waals surface area contributed by atoms with E-state index in [0.717, 1.165) is 41.9 Å². The molecule has 2 aliphatic heterocycles. The van der Waals surface area contributed by atoms with Gasteiger partial charge >= 0.3 is 0 Å². The number of aliphatic hydroxyl groups is 1. The van der Waals surface area contributed by atoms with E-state index in [1.807, 2.05) is 25.1 Å². The van der Waals surface area contributed by atoms with Gasteiger partial charge in [0.1, 0.15) is 6.79 Å². The van der Waals surface area contributed by atoms with Gasteiger partial charge in [-0.3, -0.25) is 0 Å². The Morgan fingerprint density at radius 3 is 2.36 bits per heavy atom. The smallest absolute Gasteiger partial charge is 0.192 e. The Morgan fingerprint density at radius 1 is 1.02 bits per heavy atom. The van der Waals surface area contributed by atoms with Crippen LogP contribution in [0.25, 0.3) is 0 Å². The molecule has 1 spiro atoms. The predicted octanol–water partition coefficient (Wildman–Crippen LogP) is 9.05. The summed E-state index contributed by atoms with van der Waals surface area (Å²) in [5.74, 6) is -0.873. The summed E-state index contributed by atoms with van der Waals surface area (Å²) < 4.78 is 40.6. The summed E-state index contributed by atoms with van der Waals surface area (Å²) in [6, 6.07) is 9.26. The lowest BCUT2D eigenvalue weighted by Crippen LogP contribution is -2.61. The molecule has 2 heterocycles. The standard InChI is InChI=1S/C35H63BrO7Si2/c1-11-28(37)20-31-22-34(5,43-45(9,10)33(2,3)4)25-35(42-31)23-30(40-26-39-18-19-44(6,7)8)21-29(41-35)16-17-38-24-27-14-12-13-15-32(27)36/h12-15,28-31,37H,11,16-26H2,1-10H3/t28?,29-,30-,31-,34-,35+/m0/s1. The summed E-state index contributed by atoms with van der Waals surface area (Å²) >= 11 is 3.62. The van der Waals surface area contributed by atoms with Crippen molar-refractivity contribution < 1.29 is 33.2 Å². The number of rotatable bonds is 16. The van der Waals surface area contributed by atoms with Crippen LogP contribution in [-0.4, -0.2) is 77.3 Å². The van der Waals surface area contributed by atoms with Crippen molar-refractivity contribution in [2.45, 2.75) is 166 Å². The minimum absolute atomic E-state index is 0.0693. The van der Waals surface area contributed by atoms with E-state index in [2.05, 4.69) is 82.4 Å². The van der Waals surface area contributed by atoms with Crippen LogP contribution in [0.4, 0.5) is 0 Å². The molecule has 0 saturated carbocycles. The quantitative estimate of drug-likeness (QED) is 0.103. The van der Waals surface area contributed by atoms with Gasteiger partial charge in [-0.15, -0.1) is 0 Å². The van der Waals surface area contributed by atoms with Crippen LogP contribution in [0, 0.1) is 0 Å². The first kappa shape index (κ1) is 39.3. The summed E-state index contributed by atoms with van der Waals surface area (Å²) in [7, 11) is -3.29. The molecule has 7 nitrogen and oxygen atoms in total. The molecular formula is C35H63BrO7Si2. The van der Waals surface area contributed by atoms with Gasteiger partial charge in [-0.1, -0.05) is 81.5 Å². The molecule has 45 heavy (non-hydrogen) atoms. The van der Waals surface area contributed by atoms with Crippen molar-refractivity contribution in [3.63, 3.8) is 0 Å². The monoisotopic (exact) mass is 730 g/mol. The second kappa shape index (κ2) is 16.5. The highest BCUT2D eigenvalue weighted by Gasteiger charge is 2.55. The van der Waals surface area contributed by atoms with Gasteiger partial charge in [0.2, 0.25) is 0 Å². The number of hydrogen-bond donors (Lipinski definition) is 1. The van der Waals surface area contributed by atoms with Crippen LogP contribution in [0.3, 0.4) is 0 Å². The Hall–Kier alpha value is -0.146. The van der Waals surface area contributed by atoms with Crippen LogP contribution in [0.2, 0.25) is 43.8 Å². The second-order valence-electron chi connectivity index (χ2n) is 16.4. The maximum atomic E-state index is 10.7. The first-order valence-corrected chi connectivity index (χ1v) is 24.5. The van der Waals surface area contributed by atoms with Crippen LogP contribution in [0.15, 0.2) is 28.7 Å². The lowest BCUT2D eigenvalue weighted by atomic mass is 9.81. The molecule has 0 aromatic heterocycles. The fraction of sp³-hybridized carbons (Fsp3) is 0.829. The van der Waals surface area contributed by atoms with Gasteiger partial charge in [-0.25, -0.2) is 0 Å². The minimum Gasteiger partial charge on any atom is -0.411 e. The summed E-state index contributed by atoms with van der Waals surface area (Å²) in [5.41, 5.74) is 0.678. The number of aliphatic hydroxyl groups excluding tert-OH is 1. The van der Waals surface area contributed by atoms with Crippen molar-refractivity contribution in [2.75, 3.05) is 20.0 Å². The van der Waals surface area contributed by atoms with Crippen LogP contribution in [-0.2, 0) is 34.7 Å². The topological polar surface area (TPSA) is 75.6 Å². The zero-order valence-electron chi connectivity index (χ0n) is 29.9. The number of ether oxygens (including phenoxy) is 5. The maximum absolute atomic E-state index is 10.7. The first-order chi connectivity index (χ1) is 20.8. The Bertz CT molecular complexity index is 1050. The number of benzene rings is 1. The zero-order valence-corrected chi connectivity index (χ0v) is 33.5. The molecule has 0 radical (unpaired) electrons. The molecule has 0 aliphatic carbocycles. The Labute approximate surface area is 284 Å². The Morgan fingerprint density at radius 2 is 1.71 bits per heavy atom. The molecule has 10 heteroatoms. The van der Waals surface area contributed by atoms with Crippen molar-refractivity contribution in [1.82, 2.24) is 0 Å². The highest BCUT2D eigenvalue weighted by Crippen LogP contribution is 2.49. The number of halogens is 1. The summed E-state index contributed by atoms with van der Waals surface area (Å²) in [4.78, 5) is 0. The fourth-order valence-corrected chi connectivity index (χ4v) is 9.02. The van der Waals surface area contributed by atoms with Crippen LogP contribution in [0.1, 0.15) is 85.1 Å². The normalized spacial score (nSPS) is 28.8. The van der Waals surface area contributed by atoms with E-state index in [4.69, 9.17) is 28.1 Å². The number of hydrogen-bond acceptors (Lipinski definition) is 7. The average molecular weight is 732 g/mol. The van der Waals surface area contributed by atoms with E-state index >= 15 is 0 Å². The Balaban J connectivity index is 1.79. The second-order valence-corrected chi connectivity index (χ2v) is 27.6. The molecule has 1 aromatic rings. The van der Waals surface area contributed by atoms with E-state index in [1.54, 1.807) is 0 Å². The molecule has 2 fully saturated rings. The van der Waals surface area contributed by atoms with E-state index in [-0.39, 0.29) is 30.1 Å². The lowest BCUT2D eigenvalue weighted by Gasteiger charge is -2.55. The van der Waals surface area contributed by atoms with Crippen molar-refractivity contribution in [3.8, 4) is 0 Å². The highest BCUT2D eigenvalue weighted by atomic mass is 79.9. The molecule has 1 unspecified atom stereocenters. The van der Waals surface area contributed by atoms with Gasteiger partial charge in [-0.2, -0.15) is 0 Å². The van der Waals surface area contributed by atoms with Crippen LogP contribution < -0.4 is 0 Å². The van der Waals surface area contributed by atoms with Crippen molar-refractivity contribution >= 4 is 32.3 Å². The summed E-state index contributed by atoms with van der Waals surface area (Å²) in [5, 5.41) is 10.8. The average Bonchev–Trinajstić information content (AvgIpc) is 2.89. The predicted molar refractivity (Wildman–Crippen MR) is 191 cm³/mol. The van der Waals surface area contributed by atoms with E-state index in [9.17, 15) is 5.11 Å². The Kier molecular flexibility index (Phi) is 14.4. The van der Waals surface area contributed by atoms with Gasteiger partial charge in [0.15, 0.2) is 14.1 Å². The molecule has 0 bridgehead atoms. The van der Waals surface area contributed by atoms with Gasteiger partial charge in [0, 0.05) is 51.4 Å². The van der Waals surface area contributed by atoms with Crippen LogP contribution in [0.5, 0.6) is 0 Å². The van der Waals surface area contributed by atoms with E-state index in [1.165, 1.54) is 0 Å². The third-order valence-corrected chi connectivity index (χ3v) is 16.7. The highest BCUT2D eigenvalue weighted by molar-refractivity contribution is 9.10. The molecule has 2 aliphatic rings. The molecule has 1 aromatic carbocycles. The van der Waals surface area contributed by atoms with Gasteiger partial charge in [0.05, 0.1) is 36.6 Å². The minimum atomic E-state index is -2.11. The molecular weight excluding hydrogens is 668 g/mol. The van der Waals surface area contributed by atoms with Crippen molar-refractivity contribution in [2.24, 2.45) is 0 Å². The molecule has 1 N–H and O–H groups in total. The molecule has 260 valence electrons. The molecule has 0 amide bonds. The van der Waals surface area contributed by atoms with Crippen molar-refractivity contribution in [1.29, 1.82) is 0 Å². The van der Waals surface area contributed by atoms with Gasteiger partial charge in [-0.05, 0) is 62.0 Å². The van der Waals surface area contributed by atoms with Gasteiger partial charge < -0.3 is 33.2 Å². The molecule has 3 rings (SSSR count).